The van der Waals surface area contributed by atoms with Crippen LogP contribution in [0.2, 0.25) is 0 Å². The van der Waals surface area contributed by atoms with Crippen molar-refractivity contribution in [1.29, 1.82) is 0 Å². The number of ketones is 1. The van der Waals surface area contributed by atoms with Crippen LogP contribution in [0.15, 0.2) is 23.8 Å². The van der Waals surface area contributed by atoms with E-state index in [1.54, 1.807) is 6.08 Å². The lowest BCUT2D eigenvalue weighted by Gasteiger charge is -2.58. The molecule has 0 unspecified atom stereocenters. The van der Waals surface area contributed by atoms with Crippen LogP contribution < -0.4 is 0 Å². The van der Waals surface area contributed by atoms with Gasteiger partial charge in [0.25, 0.3) is 0 Å². The van der Waals surface area contributed by atoms with Gasteiger partial charge in [0.2, 0.25) is 0 Å². The minimum absolute atomic E-state index is 0.111. The Hall–Kier alpha value is -1.38. The topological polar surface area (TPSA) is 43.4 Å². The molecule has 6 aliphatic carbocycles. The molecule has 142 valence electrons. The maximum atomic E-state index is 12.1. The fourth-order valence-corrected chi connectivity index (χ4v) is 9.37. The summed E-state index contributed by atoms with van der Waals surface area (Å²) in [6, 6.07) is 0. The lowest BCUT2D eigenvalue weighted by molar-refractivity contribution is -0.172. The molecule has 0 bridgehead atoms. The Morgan fingerprint density at radius 1 is 1.11 bits per heavy atom. The summed E-state index contributed by atoms with van der Waals surface area (Å²) >= 11 is 0. The average Bonchev–Trinajstić information content (AvgIpc) is 3.57. The van der Waals surface area contributed by atoms with E-state index in [-0.39, 0.29) is 17.0 Å². The van der Waals surface area contributed by atoms with E-state index in [4.69, 9.17) is 4.74 Å². The number of hydrogen-bond donors (Lipinski definition) is 0. The SMILES string of the molecule is CC[C@]12CC[C@H]3[C@@H]([C@@H]4C[C@@H]4C4=CC(=O)CC[C@@H]43)[C@@H]1[C@@H]1C[C@@H]1[C@@]21C=CC(=O)O1. The first-order valence-corrected chi connectivity index (χ1v) is 11.3. The molecule has 7 rings (SSSR count). The fraction of sp³-hybridized carbons (Fsp3) is 0.750. The van der Waals surface area contributed by atoms with E-state index in [2.05, 4.69) is 13.0 Å². The summed E-state index contributed by atoms with van der Waals surface area (Å²) in [7, 11) is 0. The van der Waals surface area contributed by atoms with Crippen LogP contribution in [0.3, 0.4) is 0 Å². The van der Waals surface area contributed by atoms with E-state index in [0.717, 1.165) is 48.9 Å². The third-order valence-corrected chi connectivity index (χ3v) is 10.2. The van der Waals surface area contributed by atoms with Crippen LogP contribution in [0.5, 0.6) is 0 Å². The Labute approximate surface area is 160 Å². The van der Waals surface area contributed by atoms with Crippen LogP contribution in [0, 0.1) is 52.8 Å². The molecular formula is C24H28O3. The maximum Gasteiger partial charge on any atom is 0.331 e. The largest absolute Gasteiger partial charge is 0.451 e. The monoisotopic (exact) mass is 364 g/mol. The molecule has 27 heavy (non-hydrogen) atoms. The molecule has 7 aliphatic rings. The van der Waals surface area contributed by atoms with Gasteiger partial charge in [-0.3, -0.25) is 4.79 Å². The van der Waals surface area contributed by atoms with E-state index in [1.807, 2.05) is 6.08 Å². The molecule has 1 aliphatic heterocycles. The van der Waals surface area contributed by atoms with Gasteiger partial charge in [-0.2, -0.15) is 0 Å². The first kappa shape index (κ1) is 15.5. The highest BCUT2D eigenvalue weighted by Crippen LogP contribution is 2.81. The number of esters is 1. The normalized spacial score (nSPS) is 58.6. The third kappa shape index (κ3) is 1.60. The summed E-state index contributed by atoms with van der Waals surface area (Å²) in [5.41, 5.74) is 1.42. The molecule has 0 saturated heterocycles. The molecule has 3 nitrogen and oxygen atoms in total. The van der Waals surface area contributed by atoms with Crippen molar-refractivity contribution in [3.63, 3.8) is 0 Å². The summed E-state index contributed by atoms with van der Waals surface area (Å²) in [4.78, 5) is 24.2. The molecule has 1 spiro atoms. The molecule has 3 heteroatoms. The predicted octanol–water partition coefficient (Wildman–Crippen LogP) is 4.08. The van der Waals surface area contributed by atoms with Gasteiger partial charge < -0.3 is 4.74 Å². The van der Waals surface area contributed by atoms with Crippen LogP contribution in [0.1, 0.15) is 51.9 Å². The summed E-state index contributed by atoms with van der Waals surface area (Å²) in [5, 5.41) is 0. The van der Waals surface area contributed by atoms with Crippen LogP contribution in [0.4, 0.5) is 0 Å². The first-order chi connectivity index (χ1) is 13.1. The maximum absolute atomic E-state index is 12.1. The van der Waals surface area contributed by atoms with Gasteiger partial charge >= 0.3 is 5.97 Å². The lowest BCUT2D eigenvalue weighted by Crippen LogP contribution is -2.56. The summed E-state index contributed by atoms with van der Waals surface area (Å²) in [6.45, 7) is 2.34. The van der Waals surface area contributed by atoms with Gasteiger partial charge in [0.1, 0.15) is 5.60 Å². The molecule has 0 aromatic heterocycles. The van der Waals surface area contributed by atoms with Gasteiger partial charge in [-0.1, -0.05) is 12.5 Å². The second-order valence-corrected chi connectivity index (χ2v) is 10.6. The quantitative estimate of drug-likeness (QED) is 0.659. The van der Waals surface area contributed by atoms with Crippen molar-refractivity contribution in [1.82, 2.24) is 0 Å². The van der Waals surface area contributed by atoms with Gasteiger partial charge in [0.15, 0.2) is 5.78 Å². The van der Waals surface area contributed by atoms with Crippen LogP contribution >= 0.6 is 0 Å². The van der Waals surface area contributed by atoms with Gasteiger partial charge in [0.05, 0.1) is 0 Å². The first-order valence-electron chi connectivity index (χ1n) is 11.3. The highest BCUT2D eigenvalue weighted by molar-refractivity contribution is 5.91. The molecular weight excluding hydrogens is 336 g/mol. The smallest absolute Gasteiger partial charge is 0.331 e. The number of carbonyl (C=O) groups excluding carboxylic acids is 2. The molecule has 0 aromatic rings. The van der Waals surface area contributed by atoms with Gasteiger partial charge in [0, 0.05) is 23.8 Å². The van der Waals surface area contributed by atoms with Crippen molar-refractivity contribution in [3.8, 4) is 0 Å². The van der Waals surface area contributed by atoms with E-state index >= 15 is 0 Å². The number of hydrogen-bond acceptors (Lipinski definition) is 3. The number of carbonyl (C=O) groups is 2. The molecule has 5 fully saturated rings. The van der Waals surface area contributed by atoms with Crippen LogP contribution in [0.25, 0.3) is 0 Å². The van der Waals surface area contributed by atoms with Crippen molar-refractivity contribution < 1.29 is 14.3 Å². The zero-order valence-electron chi connectivity index (χ0n) is 16.0. The number of rotatable bonds is 1. The molecule has 1 heterocycles. The molecule has 0 radical (unpaired) electrons. The van der Waals surface area contributed by atoms with Crippen molar-refractivity contribution >= 4 is 11.8 Å². The molecule has 0 amide bonds. The van der Waals surface area contributed by atoms with E-state index in [9.17, 15) is 9.59 Å². The second-order valence-electron chi connectivity index (χ2n) is 10.6. The highest BCUT2D eigenvalue weighted by Gasteiger charge is 2.80. The van der Waals surface area contributed by atoms with E-state index < -0.39 is 0 Å². The Balaban J connectivity index is 1.33. The van der Waals surface area contributed by atoms with Crippen molar-refractivity contribution in [2.24, 2.45) is 52.8 Å². The molecule has 10 atom stereocenters. The molecule has 5 saturated carbocycles. The Morgan fingerprint density at radius 3 is 2.78 bits per heavy atom. The van der Waals surface area contributed by atoms with Crippen LogP contribution in [-0.4, -0.2) is 17.4 Å². The number of fused-ring (bicyclic) bond motifs is 12. The Morgan fingerprint density at radius 2 is 2.00 bits per heavy atom. The van der Waals surface area contributed by atoms with Gasteiger partial charge in [-0.15, -0.1) is 0 Å². The summed E-state index contributed by atoms with van der Waals surface area (Å²) < 4.78 is 6.17. The minimum Gasteiger partial charge on any atom is -0.451 e. The lowest BCUT2D eigenvalue weighted by atomic mass is 9.48. The number of ether oxygens (including phenoxy) is 1. The molecule has 0 N–H and O–H groups in total. The predicted molar refractivity (Wildman–Crippen MR) is 99.4 cm³/mol. The van der Waals surface area contributed by atoms with Crippen molar-refractivity contribution in [2.45, 2.75) is 57.5 Å². The Bertz CT molecular complexity index is 839. The Kier molecular flexibility index (Phi) is 2.65. The average molecular weight is 364 g/mol. The van der Waals surface area contributed by atoms with Gasteiger partial charge in [-0.25, -0.2) is 4.79 Å². The highest BCUT2D eigenvalue weighted by atomic mass is 16.6. The molecule has 0 aromatic carbocycles. The zero-order valence-corrected chi connectivity index (χ0v) is 16.0. The summed E-state index contributed by atoms with van der Waals surface area (Å²) in [5.74, 6) is 6.08. The van der Waals surface area contributed by atoms with Crippen molar-refractivity contribution in [2.75, 3.05) is 0 Å². The third-order valence-electron chi connectivity index (χ3n) is 10.2. The second kappa shape index (κ2) is 4.60. The van der Waals surface area contributed by atoms with Gasteiger partial charge in [-0.05, 0) is 92.1 Å². The number of allylic oxidation sites excluding steroid dienone is 1. The van der Waals surface area contributed by atoms with Crippen molar-refractivity contribution in [3.05, 3.63) is 23.8 Å². The van der Waals surface area contributed by atoms with E-state index in [0.29, 0.717) is 23.5 Å². The van der Waals surface area contributed by atoms with E-state index in [1.165, 1.54) is 31.3 Å². The minimum atomic E-state index is -0.290. The van der Waals surface area contributed by atoms with Crippen LogP contribution in [-0.2, 0) is 14.3 Å². The fourth-order valence-electron chi connectivity index (χ4n) is 9.37. The summed E-state index contributed by atoms with van der Waals surface area (Å²) in [6.07, 6.45) is 14.0. The zero-order chi connectivity index (χ0) is 18.1. The standard InChI is InChI=1S/C24H28O3/c1-2-23-7-5-14-13-4-3-12(25)9-15(13)16-10-17(16)21(14)22(23)18-11-19(18)24(23)8-6-20(26)27-24/h6,8-9,13-14,16-19,21-22H,2-5,7,10-11H2,1H3/t13-,14-,16-,17-,18-,19+,21+,22+,23+,24+/m1/s1.